The second-order valence-electron chi connectivity index (χ2n) is 6.13. The number of amides is 2. The van der Waals surface area contributed by atoms with Gasteiger partial charge >= 0.3 is 6.03 Å². The summed E-state index contributed by atoms with van der Waals surface area (Å²) in [7, 11) is 0. The zero-order valence-electron chi connectivity index (χ0n) is 14.0. The lowest BCUT2D eigenvalue weighted by molar-refractivity contribution is 0.194. The first-order valence-corrected chi connectivity index (χ1v) is 8.69. The molecule has 0 saturated carbocycles. The normalized spacial score (nSPS) is 14.5. The van der Waals surface area contributed by atoms with Crippen molar-refractivity contribution in [2.75, 3.05) is 37.6 Å². The fraction of sp³-hybridized carbons (Fsp3) is 0.350. The standard InChI is InChI=1S/C20H25N3O/c24-20(21-13-7-10-18-8-3-1-4-9-18)23-16-14-22(15-17-23)19-11-5-2-6-12-19/h1-6,8-9,11-12H,7,10,13-17H2,(H,21,24). The van der Waals surface area contributed by atoms with Crippen molar-refractivity contribution in [1.82, 2.24) is 10.2 Å². The molecule has 0 aliphatic carbocycles. The highest BCUT2D eigenvalue weighted by molar-refractivity contribution is 5.74. The van der Waals surface area contributed by atoms with Crippen LogP contribution >= 0.6 is 0 Å². The van der Waals surface area contributed by atoms with Crippen molar-refractivity contribution in [3.05, 3.63) is 66.2 Å². The summed E-state index contributed by atoms with van der Waals surface area (Å²) in [6.45, 7) is 4.06. The van der Waals surface area contributed by atoms with Gasteiger partial charge in [0.25, 0.3) is 0 Å². The average Bonchev–Trinajstić information content (AvgIpc) is 2.67. The van der Waals surface area contributed by atoms with Gasteiger partial charge < -0.3 is 15.1 Å². The number of aryl methyl sites for hydroxylation is 1. The van der Waals surface area contributed by atoms with Crippen LogP contribution in [0.2, 0.25) is 0 Å². The van der Waals surface area contributed by atoms with E-state index < -0.39 is 0 Å². The minimum absolute atomic E-state index is 0.0655. The van der Waals surface area contributed by atoms with Crippen LogP contribution in [0.4, 0.5) is 10.5 Å². The molecule has 1 aliphatic heterocycles. The van der Waals surface area contributed by atoms with Crippen molar-refractivity contribution < 1.29 is 4.79 Å². The number of anilines is 1. The maximum absolute atomic E-state index is 12.2. The van der Waals surface area contributed by atoms with Crippen LogP contribution in [-0.2, 0) is 6.42 Å². The van der Waals surface area contributed by atoms with Crippen molar-refractivity contribution in [2.24, 2.45) is 0 Å². The Labute approximate surface area is 144 Å². The highest BCUT2D eigenvalue weighted by atomic mass is 16.2. The highest BCUT2D eigenvalue weighted by Crippen LogP contribution is 2.15. The first-order chi connectivity index (χ1) is 11.8. The molecule has 126 valence electrons. The summed E-state index contributed by atoms with van der Waals surface area (Å²) in [6, 6.07) is 20.9. The maximum Gasteiger partial charge on any atom is 0.317 e. The van der Waals surface area contributed by atoms with Gasteiger partial charge in [0, 0.05) is 38.4 Å². The fourth-order valence-corrected chi connectivity index (χ4v) is 3.05. The van der Waals surface area contributed by atoms with Gasteiger partial charge in [-0.2, -0.15) is 0 Å². The number of hydrogen-bond donors (Lipinski definition) is 1. The summed E-state index contributed by atoms with van der Waals surface area (Å²) in [6.07, 6.45) is 1.97. The van der Waals surface area contributed by atoms with Gasteiger partial charge in [-0.1, -0.05) is 48.5 Å². The third-order valence-electron chi connectivity index (χ3n) is 4.45. The van der Waals surface area contributed by atoms with E-state index in [9.17, 15) is 4.79 Å². The molecule has 0 unspecified atom stereocenters. The SMILES string of the molecule is O=C(NCCCc1ccccc1)N1CCN(c2ccccc2)CC1. The summed E-state index contributed by atoms with van der Waals surface area (Å²) >= 11 is 0. The lowest BCUT2D eigenvalue weighted by atomic mass is 10.1. The molecule has 1 aliphatic rings. The largest absolute Gasteiger partial charge is 0.368 e. The zero-order valence-corrected chi connectivity index (χ0v) is 14.0. The molecule has 0 atom stereocenters. The van der Waals surface area contributed by atoms with E-state index in [1.54, 1.807) is 0 Å². The van der Waals surface area contributed by atoms with Gasteiger partial charge in [0.1, 0.15) is 0 Å². The number of piperazine rings is 1. The van der Waals surface area contributed by atoms with E-state index in [2.05, 4.69) is 58.7 Å². The molecule has 0 radical (unpaired) electrons. The van der Waals surface area contributed by atoms with Gasteiger partial charge in [0.15, 0.2) is 0 Å². The summed E-state index contributed by atoms with van der Waals surface area (Å²) in [5.41, 5.74) is 2.56. The van der Waals surface area contributed by atoms with Crippen LogP contribution in [0.3, 0.4) is 0 Å². The van der Waals surface area contributed by atoms with E-state index in [1.807, 2.05) is 17.0 Å². The van der Waals surface area contributed by atoms with E-state index in [1.165, 1.54) is 11.3 Å². The van der Waals surface area contributed by atoms with Crippen LogP contribution in [0.1, 0.15) is 12.0 Å². The minimum Gasteiger partial charge on any atom is -0.368 e. The number of rotatable bonds is 5. The molecule has 2 amide bonds. The predicted octanol–water partition coefficient (Wildman–Crippen LogP) is 3.15. The monoisotopic (exact) mass is 323 g/mol. The van der Waals surface area contributed by atoms with Gasteiger partial charge in [-0.05, 0) is 30.5 Å². The molecule has 1 N–H and O–H groups in total. The molecule has 0 bridgehead atoms. The minimum atomic E-state index is 0.0655. The van der Waals surface area contributed by atoms with E-state index in [0.29, 0.717) is 0 Å². The Morgan fingerprint density at radius 1 is 0.875 bits per heavy atom. The lowest BCUT2D eigenvalue weighted by Gasteiger charge is -2.36. The summed E-state index contributed by atoms with van der Waals surface area (Å²) in [5, 5.41) is 3.05. The van der Waals surface area contributed by atoms with E-state index in [4.69, 9.17) is 0 Å². The van der Waals surface area contributed by atoms with Crippen LogP contribution in [0.15, 0.2) is 60.7 Å². The van der Waals surface area contributed by atoms with Crippen LogP contribution in [0.25, 0.3) is 0 Å². The number of nitrogens with one attached hydrogen (secondary N) is 1. The summed E-state index contributed by atoms with van der Waals surface area (Å²) in [4.78, 5) is 16.5. The molecular formula is C20H25N3O. The van der Waals surface area contributed by atoms with Crippen molar-refractivity contribution in [2.45, 2.75) is 12.8 Å². The number of carbonyl (C=O) groups excluding carboxylic acids is 1. The molecular weight excluding hydrogens is 298 g/mol. The highest BCUT2D eigenvalue weighted by Gasteiger charge is 2.20. The molecule has 2 aromatic rings. The summed E-state index contributed by atoms with van der Waals surface area (Å²) < 4.78 is 0. The van der Waals surface area contributed by atoms with Crippen LogP contribution in [-0.4, -0.2) is 43.7 Å². The van der Waals surface area contributed by atoms with Gasteiger partial charge in [0.05, 0.1) is 0 Å². The van der Waals surface area contributed by atoms with Gasteiger partial charge in [0.2, 0.25) is 0 Å². The Morgan fingerprint density at radius 2 is 1.50 bits per heavy atom. The van der Waals surface area contributed by atoms with Gasteiger partial charge in [-0.3, -0.25) is 0 Å². The molecule has 1 saturated heterocycles. The number of nitrogens with zero attached hydrogens (tertiary/aromatic N) is 2. The molecule has 0 spiro atoms. The lowest BCUT2D eigenvalue weighted by Crippen LogP contribution is -2.52. The first-order valence-electron chi connectivity index (χ1n) is 8.69. The molecule has 4 heteroatoms. The molecule has 2 aromatic carbocycles. The Morgan fingerprint density at radius 3 is 2.17 bits per heavy atom. The molecule has 24 heavy (non-hydrogen) atoms. The van der Waals surface area contributed by atoms with E-state index in [-0.39, 0.29) is 6.03 Å². The number of urea groups is 1. The van der Waals surface area contributed by atoms with Crippen molar-refractivity contribution in [3.8, 4) is 0 Å². The third-order valence-corrected chi connectivity index (χ3v) is 4.45. The summed E-state index contributed by atoms with van der Waals surface area (Å²) in [5.74, 6) is 0. The molecule has 3 rings (SSSR count). The van der Waals surface area contributed by atoms with Gasteiger partial charge in [-0.25, -0.2) is 4.79 Å². The molecule has 1 fully saturated rings. The molecule has 1 heterocycles. The second kappa shape index (κ2) is 8.39. The van der Waals surface area contributed by atoms with Crippen molar-refractivity contribution >= 4 is 11.7 Å². The van der Waals surface area contributed by atoms with Crippen molar-refractivity contribution in [1.29, 1.82) is 0 Å². The Balaban J connectivity index is 1.36. The van der Waals surface area contributed by atoms with Crippen LogP contribution < -0.4 is 10.2 Å². The zero-order chi connectivity index (χ0) is 16.6. The Hall–Kier alpha value is -2.49. The Kier molecular flexibility index (Phi) is 5.72. The predicted molar refractivity (Wildman–Crippen MR) is 98.4 cm³/mol. The number of para-hydroxylation sites is 1. The molecule has 4 nitrogen and oxygen atoms in total. The first kappa shape index (κ1) is 16.4. The quantitative estimate of drug-likeness (QED) is 0.858. The number of hydrogen-bond acceptors (Lipinski definition) is 2. The Bertz CT molecular complexity index is 622. The van der Waals surface area contributed by atoms with Crippen LogP contribution in [0.5, 0.6) is 0 Å². The van der Waals surface area contributed by atoms with E-state index >= 15 is 0 Å². The number of benzene rings is 2. The van der Waals surface area contributed by atoms with E-state index in [0.717, 1.165) is 45.6 Å². The number of carbonyl (C=O) groups is 1. The smallest absolute Gasteiger partial charge is 0.317 e. The van der Waals surface area contributed by atoms with Crippen LogP contribution in [0, 0.1) is 0 Å². The average molecular weight is 323 g/mol. The maximum atomic E-state index is 12.2. The molecule has 0 aromatic heterocycles. The topological polar surface area (TPSA) is 35.6 Å². The van der Waals surface area contributed by atoms with Crippen molar-refractivity contribution in [3.63, 3.8) is 0 Å². The second-order valence-corrected chi connectivity index (χ2v) is 6.13. The third kappa shape index (κ3) is 4.51. The fourth-order valence-electron chi connectivity index (χ4n) is 3.05. The van der Waals surface area contributed by atoms with Gasteiger partial charge in [-0.15, -0.1) is 0 Å².